The Morgan fingerprint density at radius 3 is 2.22 bits per heavy atom. The van der Waals surface area contributed by atoms with E-state index in [2.05, 4.69) is 19.9 Å². The molecule has 0 aromatic heterocycles. The summed E-state index contributed by atoms with van der Waals surface area (Å²) in [5.74, 6) is 0. The highest BCUT2D eigenvalue weighted by Crippen LogP contribution is 2.30. The predicted molar refractivity (Wildman–Crippen MR) is 46.8 cm³/mol. The van der Waals surface area contributed by atoms with Crippen LogP contribution in [0.2, 0.25) is 0 Å². The highest BCUT2D eigenvalue weighted by atomic mass is 32.2. The van der Waals surface area contributed by atoms with Crippen molar-refractivity contribution in [2.24, 2.45) is 0 Å². The van der Waals surface area contributed by atoms with Gasteiger partial charge in [-0.2, -0.15) is 0 Å². The third kappa shape index (κ3) is 3.63. The Bertz CT molecular complexity index is 94.7. The first-order chi connectivity index (χ1) is 4.29. The van der Waals surface area contributed by atoms with E-state index in [9.17, 15) is 0 Å². The summed E-state index contributed by atoms with van der Waals surface area (Å²) in [5.41, 5.74) is 0. The van der Waals surface area contributed by atoms with Crippen molar-refractivity contribution >= 4 is 11.8 Å². The van der Waals surface area contributed by atoms with E-state index in [-0.39, 0.29) is 0 Å². The van der Waals surface area contributed by atoms with E-state index in [1.807, 2.05) is 25.6 Å². The third-order valence-corrected chi connectivity index (χ3v) is 2.26. The molecule has 1 unspecified atom stereocenters. The van der Waals surface area contributed by atoms with Crippen LogP contribution < -0.4 is 0 Å². The first-order valence-electron chi connectivity index (χ1n) is 3.62. The van der Waals surface area contributed by atoms with Crippen LogP contribution in [0.25, 0.3) is 0 Å². The maximum absolute atomic E-state index is 2.30. The van der Waals surface area contributed by atoms with Gasteiger partial charge in [0, 0.05) is 5.25 Å². The van der Waals surface area contributed by atoms with Gasteiger partial charge >= 0.3 is 0 Å². The lowest BCUT2D eigenvalue weighted by atomic mass is 10.3. The summed E-state index contributed by atoms with van der Waals surface area (Å²) in [6.07, 6.45) is 3.58. The molecule has 0 N–H and O–H groups in total. The Kier molecular flexibility index (Phi) is 4.97. The summed E-state index contributed by atoms with van der Waals surface area (Å²) in [6, 6.07) is 0. The molecule has 0 bridgehead atoms. The Balaban J connectivity index is 0.000000291. The smallest absolute Gasteiger partial charge is 0.00975 e. The molecule has 0 amide bonds. The molecule has 0 aromatic carbocycles. The molecule has 0 radical (unpaired) electrons. The lowest BCUT2D eigenvalue weighted by Crippen LogP contribution is -1.83. The van der Waals surface area contributed by atoms with Gasteiger partial charge in [-0.05, 0) is 18.2 Å². The summed E-state index contributed by atoms with van der Waals surface area (Å²) < 4.78 is 0. The Morgan fingerprint density at radius 1 is 1.56 bits per heavy atom. The average molecular weight is 144 g/mol. The molecule has 1 aliphatic heterocycles. The largest absolute Gasteiger partial charge is 0.128 e. The summed E-state index contributed by atoms with van der Waals surface area (Å²) >= 11 is 1.98. The van der Waals surface area contributed by atoms with Crippen molar-refractivity contribution in [2.45, 2.75) is 39.4 Å². The predicted octanol–water partition coefficient (Wildman–Crippen LogP) is 3.44. The fourth-order valence-electron chi connectivity index (χ4n) is 0.745. The van der Waals surface area contributed by atoms with Gasteiger partial charge in [-0.1, -0.05) is 26.8 Å². The zero-order valence-electron chi connectivity index (χ0n) is 6.77. The van der Waals surface area contributed by atoms with Gasteiger partial charge in [0.2, 0.25) is 0 Å². The van der Waals surface area contributed by atoms with Gasteiger partial charge in [0.05, 0.1) is 0 Å². The van der Waals surface area contributed by atoms with Crippen LogP contribution in [0.1, 0.15) is 34.1 Å². The molecular weight excluding hydrogens is 128 g/mol. The summed E-state index contributed by atoms with van der Waals surface area (Å²) in [6.45, 7) is 8.44. The Labute approximate surface area is 62.7 Å². The molecule has 0 saturated carbocycles. The molecule has 1 heterocycles. The molecular formula is C8H16S. The standard InChI is InChI=1S/C6H10S.C2H6/c1-5-3-4-6(2)7-5;1-2/h3,6H,4H2,1-2H3;1-2H3. The Morgan fingerprint density at radius 2 is 2.11 bits per heavy atom. The van der Waals surface area contributed by atoms with Crippen molar-refractivity contribution < 1.29 is 0 Å². The topological polar surface area (TPSA) is 0 Å². The molecule has 1 heteroatoms. The maximum Gasteiger partial charge on any atom is 0.00975 e. The van der Waals surface area contributed by atoms with Crippen molar-refractivity contribution in [3.63, 3.8) is 0 Å². The lowest BCUT2D eigenvalue weighted by Gasteiger charge is -1.95. The minimum absolute atomic E-state index is 0.847. The van der Waals surface area contributed by atoms with Gasteiger partial charge in [-0.15, -0.1) is 11.8 Å². The van der Waals surface area contributed by atoms with Crippen LogP contribution in [0.4, 0.5) is 0 Å². The van der Waals surface area contributed by atoms with E-state index in [4.69, 9.17) is 0 Å². The van der Waals surface area contributed by atoms with Crippen LogP contribution in [0, 0.1) is 0 Å². The monoisotopic (exact) mass is 144 g/mol. The van der Waals surface area contributed by atoms with Crippen molar-refractivity contribution in [2.75, 3.05) is 0 Å². The summed E-state index contributed by atoms with van der Waals surface area (Å²) in [5, 5.41) is 0.847. The molecule has 0 spiro atoms. The average Bonchev–Trinajstić information content (AvgIpc) is 2.20. The van der Waals surface area contributed by atoms with Crippen LogP contribution in [0.15, 0.2) is 11.0 Å². The minimum atomic E-state index is 0.847. The van der Waals surface area contributed by atoms with Gasteiger partial charge < -0.3 is 0 Å². The summed E-state index contributed by atoms with van der Waals surface area (Å²) in [7, 11) is 0. The van der Waals surface area contributed by atoms with Crippen molar-refractivity contribution in [1.29, 1.82) is 0 Å². The first kappa shape index (κ1) is 9.09. The molecule has 0 aliphatic carbocycles. The van der Waals surface area contributed by atoms with E-state index in [0.29, 0.717) is 0 Å². The van der Waals surface area contributed by atoms with Gasteiger partial charge in [-0.3, -0.25) is 0 Å². The molecule has 9 heavy (non-hydrogen) atoms. The van der Waals surface area contributed by atoms with E-state index in [1.165, 1.54) is 11.3 Å². The van der Waals surface area contributed by atoms with Crippen LogP contribution in [0.5, 0.6) is 0 Å². The normalized spacial score (nSPS) is 24.4. The molecule has 1 atom stereocenters. The molecule has 54 valence electrons. The van der Waals surface area contributed by atoms with Gasteiger partial charge in [0.1, 0.15) is 0 Å². The zero-order chi connectivity index (χ0) is 7.28. The fourth-order valence-corrected chi connectivity index (χ4v) is 1.77. The van der Waals surface area contributed by atoms with E-state index in [1.54, 1.807) is 0 Å². The molecule has 1 aliphatic rings. The highest BCUT2D eigenvalue weighted by Gasteiger charge is 2.07. The SMILES string of the molecule is CC.CC1=CCC(C)S1. The van der Waals surface area contributed by atoms with E-state index in [0.717, 1.165) is 5.25 Å². The second-order valence-electron chi connectivity index (χ2n) is 1.98. The first-order valence-corrected chi connectivity index (χ1v) is 4.50. The fraction of sp³-hybridized carbons (Fsp3) is 0.750. The number of hydrogen-bond acceptors (Lipinski definition) is 1. The quantitative estimate of drug-likeness (QED) is 0.502. The van der Waals surface area contributed by atoms with Crippen molar-refractivity contribution in [1.82, 2.24) is 0 Å². The number of hydrogen-bond donors (Lipinski definition) is 0. The van der Waals surface area contributed by atoms with E-state index < -0.39 is 0 Å². The van der Waals surface area contributed by atoms with Crippen LogP contribution in [0.3, 0.4) is 0 Å². The lowest BCUT2D eigenvalue weighted by molar-refractivity contribution is 1.00. The highest BCUT2D eigenvalue weighted by molar-refractivity contribution is 8.03. The van der Waals surface area contributed by atoms with Crippen LogP contribution in [-0.2, 0) is 0 Å². The maximum atomic E-state index is 2.30. The minimum Gasteiger partial charge on any atom is -0.128 e. The molecule has 0 fully saturated rings. The third-order valence-electron chi connectivity index (χ3n) is 1.12. The van der Waals surface area contributed by atoms with Crippen LogP contribution in [-0.4, -0.2) is 5.25 Å². The van der Waals surface area contributed by atoms with Crippen molar-refractivity contribution in [3.8, 4) is 0 Å². The van der Waals surface area contributed by atoms with Crippen LogP contribution >= 0.6 is 11.8 Å². The zero-order valence-corrected chi connectivity index (χ0v) is 7.59. The second kappa shape index (κ2) is 4.92. The number of rotatable bonds is 0. The Hall–Kier alpha value is 0.0900. The second-order valence-corrected chi connectivity index (χ2v) is 3.66. The molecule has 0 aromatic rings. The van der Waals surface area contributed by atoms with Gasteiger partial charge in [-0.25, -0.2) is 0 Å². The number of allylic oxidation sites excluding steroid dienone is 2. The molecule has 0 nitrogen and oxygen atoms in total. The summed E-state index contributed by atoms with van der Waals surface area (Å²) in [4.78, 5) is 1.49. The van der Waals surface area contributed by atoms with Gasteiger partial charge in [0.15, 0.2) is 0 Å². The van der Waals surface area contributed by atoms with Crippen molar-refractivity contribution in [3.05, 3.63) is 11.0 Å². The van der Waals surface area contributed by atoms with Gasteiger partial charge in [0.25, 0.3) is 0 Å². The molecule has 1 rings (SSSR count). The molecule has 0 saturated heterocycles. The number of thioether (sulfide) groups is 1. The van der Waals surface area contributed by atoms with E-state index >= 15 is 0 Å².